The van der Waals surface area contributed by atoms with Crippen LogP contribution in [0.3, 0.4) is 0 Å². The lowest BCUT2D eigenvalue weighted by Gasteiger charge is -2.19. The van der Waals surface area contributed by atoms with Gasteiger partial charge in [0.1, 0.15) is 0 Å². The van der Waals surface area contributed by atoms with E-state index in [9.17, 15) is 4.79 Å². The molecule has 9 heteroatoms. The molecule has 0 bridgehead atoms. The van der Waals surface area contributed by atoms with Crippen molar-refractivity contribution in [2.45, 2.75) is 13.8 Å². The number of rotatable bonds is 6. The maximum Gasteiger partial charge on any atom is 0.340 e. The van der Waals surface area contributed by atoms with Gasteiger partial charge in [-0.2, -0.15) is 0 Å². The monoisotopic (exact) mass is 467 g/mol. The average molecular weight is 468 g/mol. The molecule has 0 fully saturated rings. The predicted molar refractivity (Wildman–Crippen MR) is 135 cm³/mol. The number of tetrazole rings is 1. The Hall–Kier alpha value is -4.53. The third kappa shape index (κ3) is 3.80. The van der Waals surface area contributed by atoms with Crippen molar-refractivity contribution in [1.29, 1.82) is 0 Å². The number of nitrogens with zero attached hydrogens (tertiary/aromatic N) is 6. The molecule has 0 spiro atoms. The van der Waals surface area contributed by atoms with Gasteiger partial charge in [0, 0.05) is 24.8 Å². The number of imidazole rings is 1. The zero-order valence-corrected chi connectivity index (χ0v) is 20.0. The minimum absolute atomic E-state index is 0.395. The van der Waals surface area contributed by atoms with Gasteiger partial charge in [-0.25, -0.2) is 14.9 Å². The number of anilines is 1. The number of carbonyl (C=O) groups excluding carboxylic acids is 1. The van der Waals surface area contributed by atoms with Crippen molar-refractivity contribution in [3.05, 3.63) is 71.8 Å². The van der Waals surface area contributed by atoms with Crippen molar-refractivity contribution in [1.82, 2.24) is 30.2 Å². The van der Waals surface area contributed by atoms with Crippen LogP contribution >= 0.6 is 0 Å². The molecule has 2 aromatic heterocycles. The van der Waals surface area contributed by atoms with Gasteiger partial charge in [-0.1, -0.05) is 42.5 Å². The molecule has 9 nitrogen and oxygen atoms in total. The van der Waals surface area contributed by atoms with Gasteiger partial charge >= 0.3 is 5.97 Å². The van der Waals surface area contributed by atoms with Crippen LogP contribution in [0, 0.1) is 6.92 Å². The number of aryl methyl sites for hydroxylation is 1. The molecule has 0 saturated carbocycles. The van der Waals surface area contributed by atoms with Crippen LogP contribution in [0.25, 0.3) is 39.2 Å². The normalized spacial score (nSPS) is 11.1. The number of hydrogen-bond acceptors (Lipinski definition) is 7. The van der Waals surface area contributed by atoms with Crippen LogP contribution in [0.4, 0.5) is 5.95 Å². The molecule has 0 aliphatic heterocycles. The summed E-state index contributed by atoms with van der Waals surface area (Å²) in [5, 5.41) is 14.3. The smallest absolute Gasteiger partial charge is 0.340 e. The van der Waals surface area contributed by atoms with E-state index < -0.39 is 5.97 Å². The fourth-order valence-electron chi connectivity index (χ4n) is 4.22. The maximum atomic E-state index is 12.7. The van der Waals surface area contributed by atoms with E-state index in [-0.39, 0.29) is 0 Å². The summed E-state index contributed by atoms with van der Waals surface area (Å²) in [5.41, 5.74) is 6.79. The minimum atomic E-state index is -0.395. The lowest BCUT2D eigenvalue weighted by molar-refractivity contribution is 0.0602. The number of aromatic nitrogens is 6. The third-order valence-electron chi connectivity index (χ3n) is 6.17. The van der Waals surface area contributed by atoms with Gasteiger partial charge in [0.05, 0.1) is 23.7 Å². The summed E-state index contributed by atoms with van der Waals surface area (Å²) in [5.74, 6) is 0.964. The zero-order valence-electron chi connectivity index (χ0n) is 20.0. The lowest BCUT2D eigenvalue weighted by Crippen LogP contribution is -2.20. The number of benzene rings is 3. The second-order valence-corrected chi connectivity index (χ2v) is 8.22. The third-order valence-corrected chi connectivity index (χ3v) is 6.17. The topological polar surface area (TPSA) is 102 Å². The van der Waals surface area contributed by atoms with Crippen LogP contribution in [-0.4, -0.2) is 56.8 Å². The SMILES string of the molecule is CCN(C)c1nc2c(C)ccc(C(=O)OC)c2n1-c1ccc(-c2ccccc2-c2nnn[nH]2)cc1. The van der Waals surface area contributed by atoms with Crippen LogP contribution in [0.15, 0.2) is 60.7 Å². The maximum absolute atomic E-state index is 12.7. The average Bonchev–Trinajstić information content (AvgIpc) is 3.57. The summed E-state index contributed by atoms with van der Waals surface area (Å²) in [6.07, 6.45) is 0. The van der Waals surface area contributed by atoms with E-state index >= 15 is 0 Å². The highest BCUT2D eigenvalue weighted by atomic mass is 16.5. The van der Waals surface area contributed by atoms with E-state index in [2.05, 4.69) is 32.4 Å². The lowest BCUT2D eigenvalue weighted by atomic mass is 9.99. The quantitative estimate of drug-likeness (QED) is 0.369. The molecule has 0 amide bonds. The van der Waals surface area contributed by atoms with Crippen LogP contribution in [-0.2, 0) is 4.74 Å². The van der Waals surface area contributed by atoms with Crippen LogP contribution in [0.1, 0.15) is 22.8 Å². The Kier molecular flexibility index (Phi) is 5.74. The molecular formula is C26H25N7O2. The summed E-state index contributed by atoms with van der Waals surface area (Å²) in [6.45, 7) is 4.82. The molecule has 0 saturated heterocycles. The van der Waals surface area contributed by atoms with Crippen molar-refractivity contribution >= 4 is 23.0 Å². The van der Waals surface area contributed by atoms with Crippen molar-refractivity contribution in [2.75, 3.05) is 25.6 Å². The molecular weight excluding hydrogens is 442 g/mol. The zero-order chi connectivity index (χ0) is 24.5. The van der Waals surface area contributed by atoms with Crippen molar-refractivity contribution in [3.63, 3.8) is 0 Å². The number of esters is 1. The van der Waals surface area contributed by atoms with Crippen molar-refractivity contribution in [2.24, 2.45) is 0 Å². The molecule has 0 atom stereocenters. The standard InChI is InChI=1S/C26H25N7O2/c1-5-32(3)26-27-22-16(2)10-15-21(25(34)35-4)23(22)33(26)18-13-11-17(12-14-18)19-8-6-7-9-20(19)24-28-30-31-29-24/h6-15H,5H2,1-4H3,(H,28,29,30,31). The molecule has 0 unspecified atom stereocenters. The molecule has 176 valence electrons. The fraction of sp³-hybridized carbons (Fsp3) is 0.192. The highest BCUT2D eigenvalue weighted by Gasteiger charge is 2.23. The molecule has 0 aliphatic rings. The summed E-state index contributed by atoms with van der Waals surface area (Å²) in [4.78, 5) is 19.6. The van der Waals surface area contributed by atoms with Crippen LogP contribution in [0.2, 0.25) is 0 Å². The van der Waals surface area contributed by atoms with E-state index in [1.807, 2.05) is 73.1 Å². The minimum Gasteiger partial charge on any atom is -0.465 e. The second-order valence-electron chi connectivity index (χ2n) is 8.22. The first-order valence-electron chi connectivity index (χ1n) is 11.3. The number of aromatic amines is 1. The Bertz CT molecular complexity index is 1510. The number of fused-ring (bicyclic) bond motifs is 1. The molecule has 5 rings (SSSR count). The molecule has 1 N–H and O–H groups in total. The Balaban J connectivity index is 1.69. The highest BCUT2D eigenvalue weighted by molar-refractivity contribution is 6.04. The Morgan fingerprint density at radius 1 is 1.06 bits per heavy atom. The molecule has 0 radical (unpaired) electrons. The van der Waals surface area contributed by atoms with Gasteiger partial charge in [-0.05, 0) is 59.2 Å². The van der Waals surface area contributed by atoms with Gasteiger partial charge in [0.2, 0.25) is 5.95 Å². The van der Waals surface area contributed by atoms with Crippen molar-refractivity contribution in [3.8, 4) is 28.2 Å². The highest BCUT2D eigenvalue weighted by Crippen LogP contribution is 2.34. The fourth-order valence-corrected chi connectivity index (χ4v) is 4.22. The van der Waals surface area contributed by atoms with E-state index in [4.69, 9.17) is 9.72 Å². The number of nitrogens with one attached hydrogen (secondary N) is 1. The number of carbonyl (C=O) groups is 1. The summed E-state index contributed by atoms with van der Waals surface area (Å²) < 4.78 is 7.11. The summed E-state index contributed by atoms with van der Waals surface area (Å²) >= 11 is 0. The van der Waals surface area contributed by atoms with Crippen LogP contribution < -0.4 is 4.90 Å². The van der Waals surface area contributed by atoms with Crippen LogP contribution in [0.5, 0.6) is 0 Å². The number of ether oxygens (including phenoxy) is 1. The Morgan fingerprint density at radius 2 is 1.80 bits per heavy atom. The molecule has 35 heavy (non-hydrogen) atoms. The predicted octanol–water partition coefficient (Wildman–Crippen LogP) is 4.42. The van der Waals surface area contributed by atoms with Gasteiger partial charge < -0.3 is 9.64 Å². The molecule has 0 aliphatic carbocycles. The second kappa shape index (κ2) is 9.02. The van der Waals surface area contributed by atoms with E-state index in [1.165, 1.54) is 7.11 Å². The first kappa shape index (κ1) is 22.3. The molecule has 3 aromatic carbocycles. The summed E-state index contributed by atoms with van der Waals surface area (Å²) in [6, 6.07) is 19.8. The first-order chi connectivity index (χ1) is 17.0. The van der Waals surface area contributed by atoms with E-state index in [0.29, 0.717) is 11.4 Å². The number of methoxy groups -OCH3 is 1. The largest absolute Gasteiger partial charge is 0.465 e. The van der Waals surface area contributed by atoms with Gasteiger partial charge in [-0.3, -0.25) is 4.57 Å². The first-order valence-corrected chi connectivity index (χ1v) is 11.3. The Labute approximate surface area is 202 Å². The van der Waals surface area contributed by atoms with Gasteiger partial charge in [0.15, 0.2) is 5.82 Å². The van der Waals surface area contributed by atoms with Gasteiger partial charge in [-0.15, -0.1) is 5.10 Å². The molecule has 2 heterocycles. The molecule has 5 aromatic rings. The van der Waals surface area contributed by atoms with E-state index in [1.54, 1.807) is 6.07 Å². The van der Waals surface area contributed by atoms with Gasteiger partial charge in [0.25, 0.3) is 0 Å². The number of H-pyrrole nitrogens is 1. The number of hydrogen-bond donors (Lipinski definition) is 1. The van der Waals surface area contributed by atoms with Crippen molar-refractivity contribution < 1.29 is 9.53 Å². The van der Waals surface area contributed by atoms with E-state index in [0.717, 1.165) is 51.5 Å². The summed E-state index contributed by atoms with van der Waals surface area (Å²) in [7, 11) is 3.38. The Morgan fingerprint density at radius 3 is 2.46 bits per heavy atom.